The molecule has 0 saturated carbocycles. The molecule has 0 spiro atoms. The molecule has 5 heteroatoms. The summed E-state index contributed by atoms with van der Waals surface area (Å²) in [5.41, 5.74) is 1.28. The number of nitrogens with one attached hydrogen (secondary N) is 1. The summed E-state index contributed by atoms with van der Waals surface area (Å²) < 4.78 is 0. The lowest BCUT2D eigenvalue weighted by Crippen LogP contribution is -2.30. The molecular formula is C12H15ClN4. The first kappa shape index (κ1) is 12.2. The van der Waals surface area contributed by atoms with E-state index in [1.165, 1.54) is 0 Å². The zero-order valence-corrected chi connectivity index (χ0v) is 10.8. The van der Waals surface area contributed by atoms with Gasteiger partial charge >= 0.3 is 0 Å². The van der Waals surface area contributed by atoms with Gasteiger partial charge in [0.1, 0.15) is 11.9 Å². The molecule has 0 amide bonds. The topological polar surface area (TPSA) is 52.0 Å². The van der Waals surface area contributed by atoms with Crippen LogP contribution in [0.25, 0.3) is 0 Å². The molecule has 2 heterocycles. The summed E-state index contributed by atoms with van der Waals surface area (Å²) in [4.78, 5) is 6.60. The van der Waals surface area contributed by atoms with Gasteiger partial charge in [0.05, 0.1) is 16.3 Å². The van der Waals surface area contributed by atoms with Crippen LogP contribution in [0.1, 0.15) is 17.7 Å². The summed E-state index contributed by atoms with van der Waals surface area (Å²) in [6, 6.07) is 4.29. The van der Waals surface area contributed by atoms with Crippen LogP contribution < -0.4 is 10.2 Å². The van der Waals surface area contributed by atoms with Crippen molar-refractivity contribution in [2.45, 2.75) is 19.4 Å². The van der Waals surface area contributed by atoms with Crippen LogP contribution in [0, 0.1) is 18.3 Å². The van der Waals surface area contributed by atoms with Crippen molar-refractivity contribution in [2.24, 2.45) is 0 Å². The molecule has 2 rings (SSSR count). The maximum Gasteiger partial charge on any atom is 0.147 e. The van der Waals surface area contributed by atoms with E-state index in [4.69, 9.17) is 16.9 Å². The first-order valence-electron chi connectivity index (χ1n) is 5.65. The Labute approximate surface area is 106 Å². The maximum atomic E-state index is 8.91. The van der Waals surface area contributed by atoms with Crippen molar-refractivity contribution in [1.29, 1.82) is 5.26 Å². The Kier molecular flexibility index (Phi) is 3.51. The lowest BCUT2D eigenvalue weighted by atomic mass is 10.2. The molecule has 0 radical (unpaired) electrons. The number of pyridine rings is 1. The summed E-state index contributed by atoms with van der Waals surface area (Å²) in [6.45, 7) is 3.70. The molecule has 1 N–H and O–H groups in total. The number of rotatable bonds is 2. The maximum absolute atomic E-state index is 8.91. The van der Waals surface area contributed by atoms with Crippen LogP contribution in [0.4, 0.5) is 5.82 Å². The van der Waals surface area contributed by atoms with E-state index >= 15 is 0 Å². The minimum Gasteiger partial charge on any atom is -0.354 e. The number of nitriles is 1. The number of halogens is 1. The Morgan fingerprint density at radius 3 is 3.00 bits per heavy atom. The number of likely N-dealkylation sites (N-methyl/N-ethyl adjacent to an activating group) is 1. The zero-order chi connectivity index (χ0) is 12.4. The molecule has 1 aliphatic heterocycles. The molecule has 1 aromatic heterocycles. The van der Waals surface area contributed by atoms with Gasteiger partial charge in [0.25, 0.3) is 0 Å². The van der Waals surface area contributed by atoms with Crippen molar-refractivity contribution in [1.82, 2.24) is 10.3 Å². The molecule has 1 aliphatic rings. The predicted octanol–water partition coefficient (Wildman–Crippen LogP) is 1.71. The number of nitrogens with zero attached hydrogens (tertiary/aromatic N) is 3. The highest BCUT2D eigenvalue weighted by molar-refractivity contribution is 6.33. The molecular weight excluding hydrogens is 236 g/mol. The van der Waals surface area contributed by atoms with Crippen molar-refractivity contribution in [3.8, 4) is 6.07 Å². The van der Waals surface area contributed by atoms with Crippen LogP contribution in [-0.4, -0.2) is 31.2 Å². The van der Waals surface area contributed by atoms with Gasteiger partial charge < -0.3 is 10.2 Å². The average Bonchev–Trinajstić information content (AvgIpc) is 2.80. The second-order valence-electron chi connectivity index (χ2n) is 4.26. The fourth-order valence-corrected chi connectivity index (χ4v) is 2.36. The highest BCUT2D eigenvalue weighted by Crippen LogP contribution is 2.28. The van der Waals surface area contributed by atoms with Crippen LogP contribution >= 0.6 is 11.6 Å². The number of hydrogen-bond acceptors (Lipinski definition) is 4. The molecule has 1 atom stereocenters. The molecule has 1 aromatic rings. The van der Waals surface area contributed by atoms with Crippen LogP contribution in [0.15, 0.2) is 6.07 Å². The SMILES string of the molecule is CNC1CCN(c2nc(C)c(C#N)cc2Cl)C1. The van der Waals surface area contributed by atoms with Gasteiger partial charge in [-0.15, -0.1) is 0 Å². The normalized spacial score (nSPS) is 19.4. The third kappa shape index (κ3) is 2.36. The van der Waals surface area contributed by atoms with E-state index in [1.54, 1.807) is 6.07 Å². The van der Waals surface area contributed by atoms with E-state index in [9.17, 15) is 0 Å². The molecule has 1 unspecified atom stereocenters. The van der Waals surface area contributed by atoms with Crippen molar-refractivity contribution < 1.29 is 0 Å². The van der Waals surface area contributed by atoms with Gasteiger partial charge in [0.15, 0.2) is 0 Å². The van der Waals surface area contributed by atoms with E-state index in [-0.39, 0.29) is 0 Å². The third-order valence-electron chi connectivity index (χ3n) is 3.16. The van der Waals surface area contributed by atoms with Gasteiger partial charge in [-0.25, -0.2) is 4.98 Å². The Hall–Kier alpha value is -1.31. The second-order valence-corrected chi connectivity index (χ2v) is 4.67. The highest BCUT2D eigenvalue weighted by atomic mass is 35.5. The molecule has 0 aromatic carbocycles. The molecule has 17 heavy (non-hydrogen) atoms. The van der Waals surface area contributed by atoms with E-state index in [2.05, 4.69) is 21.3 Å². The molecule has 90 valence electrons. The molecule has 0 bridgehead atoms. The van der Waals surface area contributed by atoms with E-state index < -0.39 is 0 Å². The standard InChI is InChI=1S/C12H15ClN4/c1-8-9(6-14)5-11(13)12(16-8)17-4-3-10(7-17)15-2/h5,10,15H,3-4,7H2,1-2H3. The number of anilines is 1. The van der Waals surface area contributed by atoms with Crippen LogP contribution in [0.2, 0.25) is 5.02 Å². The van der Waals surface area contributed by atoms with Crippen molar-refractivity contribution in [2.75, 3.05) is 25.0 Å². The first-order chi connectivity index (χ1) is 8.15. The lowest BCUT2D eigenvalue weighted by molar-refractivity contribution is 0.616. The molecule has 0 aliphatic carbocycles. The minimum absolute atomic E-state index is 0.490. The summed E-state index contributed by atoms with van der Waals surface area (Å²) in [5, 5.41) is 12.7. The van der Waals surface area contributed by atoms with Gasteiger partial charge in [0.2, 0.25) is 0 Å². The minimum atomic E-state index is 0.490. The van der Waals surface area contributed by atoms with Crippen LogP contribution in [-0.2, 0) is 0 Å². The molecule has 1 fully saturated rings. The summed E-state index contributed by atoms with van der Waals surface area (Å²) in [5.74, 6) is 0.793. The number of aryl methyl sites for hydroxylation is 1. The van der Waals surface area contributed by atoms with Crippen molar-refractivity contribution in [3.63, 3.8) is 0 Å². The number of hydrogen-bond donors (Lipinski definition) is 1. The third-order valence-corrected chi connectivity index (χ3v) is 3.44. The Morgan fingerprint density at radius 2 is 2.41 bits per heavy atom. The van der Waals surface area contributed by atoms with Gasteiger partial charge in [-0.05, 0) is 26.5 Å². The molecule has 1 saturated heterocycles. The Bertz CT molecular complexity index is 466. The van der Waals surface area contributed by atoms with Crippen molar-refractivity contribution >= 4 is 17.4 Å². The van der Waals surface area contributed by atoms with E-state index in [0.717, 1.165) is 31.0 Å². The van der Waals surface area contributed by atoms with Gasteiger partial charge in [-0.2, -0.15) is 5.26 Å². The predicted molar refractivity (Wildman–Crippen MR) is 68.4 cm³/mol. The molecule has 4 nitrogen and oxygen atoms in total. The largest absolute Gasteiger partial charge is 0.354 e. The van der Waals surface area contributed by atoms with Gasteiger partial charge in [-0.1, -0.05) is 11.6 Å². The van der Waals surface area contributed by atoms with Crippen LogP contribution in [0.3, 0.4) is 0 Å². The lowest BCUT2D eigenvalue weighted by Gasteiger charge is -2.19. The fraction of sp³-hybridized carbons (Fsp3) is 0.500. The van der Waals surface area contributed by atoms with Gasteiger partial charge in [0, 0.05) is 19.1 Å². The second kappa shape index (κ2) is 4.91. The average molecular weight is 251 g/mol. The summed E-state index contributed by atoms with van der Waals surface area (Å²) in [6.07, 6.45) is 1.09. The van der Waals surface area contributed by atoms with Gasteiger partial charge in [-0.3, -0.25) is 0 Å². The zero-order valence-electron chi connectivity index (χ0n) is 10.00. The Morgan fingerprint density at radius 1 is 1.65 bits per heavy atom. The summed E-state index contributed by atoms with van der Waals surface area (Å²) >= 11 is 6.18. The fourth-order valence-electron chi connectivity index (χ4n) is 2.09. The Balaban J connectivity index is 2.28. The van der Waals surface area contributed by atoms with E-state index in [1.807, 2.05) is 14.0 Å². The van der Waals surface area contributed by atoms with Crippen LogP contribution in [0.5, 0.6) is 0 Å². The highest BCUT2D eigenvalue weighted by Gasteiger charge is 2.24. The monoisotopic (exact) mass is 250 g/mol. The smallest absolute Gasteiger partial charge is 0.147 e. The number of aromatic nitrogens is 1. The van der Waals surface area contributed by atoms with Crippen molar-refractivity contribution in [3.05, 3.63) is 22.3 Å². The quantitative estimate of drug-likeness (QED) is 0.868. The first-order valence-corrected chi connectivity index (χ1v) is 6.03. The summed E-state index contributed by atoms with van der Waals surface area (Å²) in [7, 11) is 1.97. The van der Waals surface area contributed by atoms with E-state index in [0.29, 0.717) is 16.6 Å².